The van der Waals surface area contributed by atoms with E-state index in [0.717, 1.165) is 21.1 Å². The molecule has 4 rings (SSSR count). The molecule has 0 aliphatic carbocycles. The maximum Gasteiger partial charge on any atom is 0.272 e. The number of nitrogens with zero attached hydrogens (tertiary/aromatic N) is 2. The second-order valence-electron chi connectivity index (χ2n) is 5.96. The van der Waals surface area contributed by atoms with Crippen LogP contribution in [0.4, 0.5) is 4.39 Å². The summed E-state index contributed by atoms with van der Waals surface area (Å²) in [4.78, 5) is 17.7. The number of hydrogen-bond acceptors (Lipinski definition) is 4. The van der Waals surface area contributed by atoms with Crippen molar-refractivity contribution < 1.29 is 4.39 Å². The van der Waals surface area contributed by atoms with Crippen LogP contribution in [0.1, 0.15) is 11.1 Å². The summed E-state index contributed by atoms with van der Waals surface area (Å²) in [6.07, 6.45) is 0. The first kappa shape index (κ1) is 18.4. The van der Waals surface area contributed by atoms with Gasteiger partial charge >= 0.3 is 0 Å². The van der Waals surface area contributed by atoms with Gasteiger partial charge in [0.25, 0.3) is 5.56 Å². The molecule has 0 N–H and O–H groups in total. The van der Waals surface area contributed by atoms with Gasteiger partial charge in [0.15, 0.2) is 5.16 Å². The Kier molecular flexibility index (Phi) is 5.43. The molecule has 2 heterocycles. The van der Waals surface area contributed by atoms with Gasteiger partial charge in [0.2, 0.25) is 0 Å². The molecular weight excluding hydrogens is 447 g/mol. The quantitative estimate of drug-likeness (QED) is 0.283. The highest BCUT2D eigenvalue weighted by Gasteiger charge is 2.13. The van der Waals surface area contributed by atoms with Crippen LogP contribution in [0, 0.1) is 5.82 Å². The number of hydrogen-bond donors (Lipinski definition) is 0. The largest absolute Gasteiger partial charge is 0.282 e. The van der Waals surface area contributed by atoms with Crippen LogP contribution in [-0.4, -0.2) is 9.55 Å². The molecule has 2 aromatic heterocycles. The van der Waals surface area contributed by atoms with Gasteiger partial charge in [-0.3, -0.25) is 9.36 Å². The van der Waals surface area contributed by atoms with Gasteiger partial charge in [-0.2, -0.15) is 0 Å². The monoisotopic (exact) mass is 460 g/mol. The Morgan fingerprint density at radius 3 is 2.48 bits per heavy atom. The van der Waals surface area contributed by atoms with E-state index in [9.17, 15) is 9.18 Å². The zero-order valence-corrected chi connectivity index (χ0v) is 17.3. The summed E-state index contributed by atoms with van der Waals surface area (Å²) >= 11 is 6.36. The first-order valence-electron chi connectivity index (χ1n) is 8.20. The molecule has 0 saturated heterocycles. The second-order valence-corrected chi connectivity index (χ2v) is 8.74. The van der Waals surface area contributed by atoms with E-state index < -0.39 is 0 Å². The number of halogens is 2. The summed E-state index contributed by atoms with van der Waals surface area (Å²) in [5.74, 6) is 0.418. The number of thioether (sulfide) groups is 1. The van der Waals surface area contributed by atoms with Crippen molar-refractivity contribution in [3.8, 4) is 0 Å². The molecule has 0 aliphatic rings. The molecule has 0 bridgehead atoms. The lowest BCUT2D eigenvalue weighted by Crippen LogP contribution is -2.23. The summed E-state index contributed by atoms with van der Waals surface area (Å²) in [7, 11) is 0. The van der Waals surface area contributed by atoms with Crippen molar-refractivity contribution in [2.24, 2.45) is 0 Å². The van der Waals surface area contributed by atoms with Crippen molar-refractivity contribution in [3.05, 3.63) is 91.7 Å². The van der Waals surface area contributed by atoms with Gasteiger partial charge in [-0.1, -0.05) is 52.0 Å². The number of fused-ring (bicyclic) bond motifs is 1. The van der Waals surface area contributed by atoms with Crippen molar-refractivity contribution in [3.63, 3.8) is 0 Å². The molecule has 0 aliphatic heterocycles. The lowest BCUT2D eigenvalue weighted by atomic mass is 10.2. The molecular formula is C20H14BrFN2OS2. The topological polar surface area (TPSA) is 34.9 Å². The molecule has 3 nitrogen and oxygen atoms in total. The van der Waals surface area contributed by atoms with Crippen LogP contribution in [0.5, 0.6) is 0 Å². The van der Waals surface area contributed by atoms with Gasteiger partial charge in [0, 0.05) is 10.2 Å². The predicted molar refractivity (Wildman–Crippen MR) is 113 cm³/mol. The van der Waals surface area contributed by atoms with E-state index >= 15 is 0 Å². The number of benzene rings is 2. The third-order valence-corrected chi connectivity index (χ3v) is 6.53. The minimum atomic E-state index is -0.289. The predicted octanol–water partition coefficient (Wildman–Crippen LogP) is 5.70. The van der Waals surface area contributed by atoms with Crippen molar-refractivity contribution in [1.82, 2.24) is 9.55 Å². The third kappa shape index (κ3) is 4.15. The Balaban J connectivity index is 1.69. The van der Waals surface area contributed by atoms with Crippen LogP contribution in [0.25, 0.3) is 10.2 Å². The second kappa shape index (κ2) is 7.96. The Labute approximate surface area is 172 Å². The highest BCUT2D eigenvalue weighted by Crippen LogP contribution is 2.25. The van der Waals surface area contributed by atoms with Crippen LogP contribution in [-0.2, 0) is 12.3 Å². The Bertz CT molecular complexity index is 1140. The van der Waals surface area contributed by atoms with Crippen LogP contribution >= 0.6 is 39.0 Å². The minimum absolute atomic E-state index is 0.0577. The maximum atomic E-state index is 13.2. The van der Waals surface area contributed by atoms with E-state index in [0.29, 0.717) is 22.2 Å². The Hall–Kier alpha value is -1.96. The summed E-state index contributed by atoms with van der Waals surface area (Å²) in [5, 5.41) is 2.54. The molecule has 4 aromatic rings. The van der Waals surface area contributed by atoms with Gasteiger partial charge in [-0.25, -0.2) is 9.37 Å². The van der Waals surface area contributed by atoms with Gasteiger partial charge < -0.3 is 0 Å². The molecule has 0 radical (unpaired) electrons. The average molecular weight is 461 g/mol. The van der Waals surface area contributed by atoms with E-state index in [1.165, 1.54) is 35.2 Å². The molecule has 2 aromatic carbocycles. The first-order chi connectivity index (χ1) is 13.1. The third-order valence-electron chi connectivity index (χ3n) is 4.07. The zero-order valence-electron chi connectivity index (χ0n) is 14.1. The molecule has 27 heavy (non-hydrogen) atoms. The molecule has 0 fully saturated rings. The van der Waals surface area contributed by atoms with Crippen LogP contribution in [0.3, 0.4) is 0 Å². The number of aromatic nitrogens is 2. The minimum Gasteiger partial charge on any atom is -0.282 e. The summed E-state index contributed by atoms with van der Waals surface area (Å²) in [5.41, 5.74) is 2.68. The van der Waals surface area contributed by atoms with Gasteiger partial charge in [-0.15, -0.1) is 11.3 Å². The molecule has 0 unspecified atom stereocenters. The van der Waals surface area contributed by atoms with E-state index in [4.69, 9.17) is 4.98 Å². The molecule has 0 atom stereocenters. The van der Waals surface area contributed by atoms with Gasteiger partial charge in [0.1, 0.15) is 10.5 Å². The van der Waals surface area contributed by atoms with Crippen molar-refractivity contribution >= 4 is 49.2 Å². The van der Waals surface area contributed by atoms with Crippen LogP contribution in [0.2, 0.25) is 0 Å². The summed E-state index contributed by atoms with van der Waals surface area (Å²) in [6.45, 7) is 0.364. The van der Waals surface area contributed by atoms with Crippen molar-refractivity contribution in [1.29, 1.82) is 0 Å². The normalized spacial score (nSPS) is 11.2. The molecule has 0 amide bonds. The summed E-state index contributed by atoms with van der Waals surface area (Å²) < 4.78 is 16.6. The molecule has 7 heteroatoms. The Morgan fingerprint density at radius 2 is 1.74 bits per heavy atom. The maximum absolute atomic E-state index is 13.2. The van der Waals surface area contributed by atoms with Crippen LogP contribution < -0.4 is 5.56 Å². The van der Waals surface area contributed by atoms with Crippen molar-refractivity contribution in [2.75, 3.05) is 0 Å². The SMILES string of the molecule is O=c1c2sccc2nc(SCc2ccc(Br)cc2)n1Cc1ccc(F)cc1. The lowest BCUT2D eigenvalue weighted by molar-refractivity contribution is 0.623. The molecule has 0 spiro atoms. The standard InChI is InChI=1S/C20H14BrFN2OS2/c21-15-5-1-14(2-6-15)12-27-20-23-17-9-10-26-18(17)19(25)24(20)11-13-3-7-16(22)8-4-13/h1-10H,11-12H2. The zero-order chi connectivity index (χ0) is 18.8. The highest BCUT2D eigenvalue weighted by molar-refractivity contribution is 9.10. The fraction of sp³-hybridized carbons (Fsp3) is 0.100. The molecule has 0 saturated carbocycles. The van der Waals surface area contributed by atoms with Crippen LogP contribution in [0.15, 0.2) is 74.4 Å². The van der Waals surface area contributed by atoms with E-state index in [1.54, 1.807) is 16.7 Å². The first-order valence-corrected chi connectivity index (χ1v) is 10.9. The van der Waals surface area contributed by atoms with Gasteiger partial charge in [-0.05, 0) is 46.8 Å². The lowest BCUT2D eigenvalue weighted by Gasteiger charge is -2.12. The van der Waals surface area contributed by atoms with Gasteiger partial charge in [0.05, 0.1) is 12.1 Å². The fourth-order valence-electron chi connectivity index (χ4n) is 2.67. The smallest absolute Gasteiger partial charge is 0.272 e. The number of thiophene rings is 1. The highest BCUT2D eigenvalue weighted by atomic mass is 79.9. The van der Waals surface area contributed by atoms with E-state index in [2.05, 4.69) is 15.9 Å². The van der Waals surface area contributed by atoms with Crippen molar-refractivity contribution in [2.45, 2.75) is 17.5 Å². The Morgan fingerprint density at radius 1 is 1.04 bits per heavy atom. The van der Waals surface area contributed by atoms with E-state index in [1.807, 2.05) is 35.7 Å². The average Bonchev–Trinajstić information content (AvgIpc) is 3.14. The fourth-order valence-corrected chi connectivity index (χ4v) is 4.67. The summed E-state index contributed by atoms with van der Waals surface area (Å²) in [6, 6.07) is 16.2. The molecule has 136 valence electrons. The number of rotatable bonds is 5. The van der Waals surface area contributed by atoms with E-state index in [-0.39, 0.29) is 11.4 Å².